The standard InChI is InChI=1S/C11H14N2O3/c1-14-8-3-2-4-9(5-8)15-7-10-6-13-11(12)16-10/h2-5,10H,6-7H2,1H3,(H2,12,13). The van der Waals surface area contributed by atoms with Crippen molar-refractivity contribution in [3.63, 3.8) is 0 Å². The van der Waals surface area contributed by atoms with Gasteiger partial charge in [0.15, 0.2) is 6.10 Å². The first-order chi connectivity index (χ1) is 7.78. The lowest BCUT2D eigenvalue weighted by atomic mass is 10.3. The van der Waals surface area contributed by atoms with Crippen molar-refractivity contribution in [2.45, 2.75) is 6.10 Å². The molecule has 1 unspecified atom stereocenters. The van der Waals surface area contributed by atoms with Gasteiger partial charge in [0.2, 0.25) is 0 Å². The van der Waals surface area contributed by atoms with Crippen LogP contribution in [0, 0.1) is 0 Å². The summed E-state index contributed by atoms with van der Waals surface area (Å²) in [6.07, 6.45) is -0.0915. The molecule has 1 heterocycles. The number of aliphatic imine (C=N–C) groups is 1. The van der Waals surface area contributed by atoms with Crippen LogP contribution in [-0.4, -0.2) is 32.4 Å². The average molecular weight is 222 g/mol. The maximum Gasteiger partial charge on any atom is 0.282 e. The van der Waals surface area contributed by atoms with E-state index >= 15 is 0 Å². The molecule has 16 heavy (non-hydrogen) atoms. The second-order valence-corrected chi connectivity index (χ2v) is 3.41. The molecule has 0 aliphatic carbocycles. The van der Waals surface area contributed by atoms with E-state index in [0.717, 1.165) is 11.5 Å². The van der Waals surface area contributed by atoms with Crippen LogP contribution in [0.2, 0.25) is 0 Å². The zero-order chi connectivity index (χ0) is 11.4. The number of hydrogen-bond donors (Lipinski definition) is 1. The van der Waals surface area contributed by atoms with Gasteiger partial charge in [0, 0.05) is 6.07 Å². The van der Waals surface area contributed by atoms with Gasteiger partial charge >= 0.3 is 0 Å². The molecule has 2 rings (SSSR count). The van der Waals surface area contributed by atoms with Crippen molar-refractivity contribution in [3.8, 4) is 11.5 Å². The van der Waals surface area contributed by atoms with E-state index in [4.69, 9.17) is 19.9 Å². The molecule has 0 radical (unpaired) electrons. The van der Waals surface area contributed by atoms with E-state index < -0.39 is 0 Å². The molecule has 0 bridgehead atoms. The highest BCUT2D eigenvalue weighted by atomic mass is 16.6. The Labute approximate surface area is 93.8 Å². The molecule has 0 aromatic heterocycles. The van der Waals surface area contributed by atoms with Crippen LogP contribution >= 0.6 is 0 Å². The molecule has 5 heteroatoms. The Morgan fingerprint density at radius 2 is 2.31 bits per heavy atom. The van der Waals surface area contributed by atoms with E-state index in [-0.39, 0.29) is 12.1 Å². The van der Waals surface area contributed by atoms with Crippen molar-refractivity contribution >= 4 is 6.02 Å². The fourth-order valence-corrected chi connectivity index (χ4v) is 1.40. The highest BCUT2D eigenvalue weighted by molar-refractivity contribution is 5.73. The molecule has 2 N–H and O–H groups in total. The second-order valence-electron chi connectivity index (χ2n) is 3.41. The summed E-state index contributed by atoms with van der Waals surface area (Å²) in [5, 5.41) is 0. The van der Waals surface area contributed by atoms with E-state index in [1.54, 1.807) is 7.11 Å². The summed E-state index contributed by atoms with van der Waals surface area (Å²) in [5.41, 5.74) is 5.39. The number of nitrogens with two attached hydrogens (primary N) is 1. The predicted octanol–water partition coefficient (Wildman–Crippen LogP) is 0.787. The van der Waals surface area contributed by atoms with Crippen LogP contribution in [0.5, 0.6) is 11.5 Å². The molecule has 0 fully saturated rings. The Kier molecular flexibility index (Phi) is 3.14. The van der Waals surface area contributed by atoms with Crippen LogP contribution in [0.25, 0.3) is 0 Å². The highest BCUT2D eigenvalue weighted by Gasteiger charge is 2.18. The summed E-state index contributed by atoms with van der Waals surface area (Å²) in [7, 11) is 1.62. The molecule has 0 spiro atoms. The number of benzene rings is 1. The summed E-state index contributed by atoms with van der Waals surface area (Å²) in [5.74, 6) is 1.51. The molecule has 1 aromatic rings. The summed E-state index contributed by atoms with van der Waals surface area (Å²) in [6, 6.07) is 7.65. The van der Waals surface area contributed by atoms with E-state index in [1.165, 1.54) is 0 Å². The molecule has 0 saturated carbocycles. The molecule has 0 saturated heterocycles. The summed E-state index contributed by atoms with van der Waals surface area (Å²) >= 11 is 0. The number of ether oxygens (including phenoxy) is 3. The number of rotatable bonds is 4. The number of methoxy groups -OCH3 is 1. The van der Waals surface area contributed by atoms with Crippen molar-refractivity contribution in [1.29, 1.82) is 0 Å². The lowest BCUT2D eigenvalue weighted by molar-refractivity contribution is 0.141. The van der Waals surface area contributed by atoms with Crippen LogP contribution in [0.4, 0.5) is 0 Å². The number of amidine groups is 1. The monoisotopic (exact) mass is 222 g/mol. The van der Waals surface area contributed by atoms with Crippen molar-refractivity contribution < 1.29 is 14.2 Å². The molecule has 1 aromatic carbocycles. The number of nitrogens with zero attached hydrogens (tertiary/aromatic N) is 1. The predicted molar refractivity (Wildman–Crippen MR) is 59.9 cm³/mol. The smallest absolute Gasteiger partial charge is 0.282 e. The van der Waals surface area contributed by atoms with Crippen LogP contribution in [0.1, 0.15) is 0 Å². The Morgan fingerprint density at radius 3 is 3.00 bits per heavy atom. The van der Waals surface area contributed by atoms with Gasteiger partial charge < -0.3 is 19.9 Å². The molecular formula is C11H14N2O3. The summed E-state index contributed by atoms with van der Waals surface area (Å²) in [4.78, 5) is 3.93. The van der Waals surface area contributed by atoms with E-state index in [0.29, 0.717) is 13.2 Å². The van der Waals surface area contributed by atoms with E-state index in [9.17, 15) is 0 Å². The van der Waals surface area contributed by atoms with Gasteiger partial charge in [-0.15, -0.1) is 0 Å². The van der Waals surface area contributed by atoms with E-state index in [2.05, 4.69) is 4.99 Å². The van der Waals surface area contributed by atoms with Crippen molar-refractivity contribution in [2.75, 3.05) is 20.3 Å². The summed E-state index contributed by atoms with van der Waals surface area (Å²) < 4.78 is 15.8. The third-order valence-electron chi connectivity index (χ3n) is 2.22. The van der Waals surface area contributed by atoms with Crippen LogP contribution in [-0.2, 0) is 4.74 Å². The topological polar surface area (TPSA) is 66.1 Å². The van der Waals surface area contributed by atoms with Crippen LogP contribution < -0.4 is 15.2 Å². The maximum atomic E-state index is 5.55. The van der Waals surface area contributed by atoms with Gasteiger partial charge in [0.25, 0.3) is 6.02 Å². The molecule has 1 aliphatic heterocycles. The number of hydrogen-bond acceptors (Lipinski definition) is 5. The maximum absolute atomic E-state index is 5.55. The largest absolute Gasteiger partial charge is 0.497 e. The molecule has 86 valence electrons. The minimum atomic E-state index is -0.0915. The van der Waals surface area contributed by atoms with Gasteiger partial charge in [0.1, 0.15) is 18.1 Å². The van der Waals surface area contributed by atoms with Crippen molar-refractivity contribution in [1.82, 2.24) is 0 Å². The minimum absolute atomic E-state index is 0.0915. The van der Waals surface area contributed by atoms with Gasteiger partial charge in [0.05, 0.1) is 13.7 Å². The Balaban J connectivity index is 1.85. The van der Waals surface area contributed by atoms with E-state index in [1.807, 2.05) is 24.3 Å². The molecule has 5 nitrogen and oxygen atoms in total. The molecule has 1 atom stereocenters. The second kappa shape index (κ2) is 4.74. The van der Waals surface area contributed by atoms with Crippen molar-refractivity contribution in [2.24, 2.45) is 10.7 Å². The first-order valence-electron chi connectivity index (χ1n) is 5.01. The quantitative estimate of drug-likeness (QED) is 0.817. The molecular weight excluding hydrogens is 208 g/mol. The van der Waals surface area contributed by atoms with Gasteiger partial charge in [-0.1, -0.05) is 6.07 Å². The third-order valence-corrected chi connectivity index (χ3v) is 2.22. The lowest BCUT2D eigenvalue weighted by Gasteiger charge is -2.12. The fourth-order valence-electron chi connectivity index (χ4n) is 1.40. The average Bonchev–Trinajstić information content (AvgIpc) is 2.73. The SMILES string of the molecule is COc1cccc(OCC2CN=C(N)O2)c1. The normalized spacial score (nSPS) is 18.8. The van der Waals surface area contributed by atoms with Crippen LogP contribution in [0.3, 0.4) is 0 Å². The minimum Gasteiger partial charge on any atom is -0.497 e. The Bertz CT molecular complexity index is 393. The lowest BCUT2D eigenvalue weighted by Crippen LogP contribution is -2.24. The van der Waals surface area contributed by atoms with Crippen LogP contribution in [0.15, 0.2) is 29.3 Å². The summed E-state index contributed by atoms with van der Waals surface area (Å²) in [6.45, 7) is 0.979. The Morgan fingerprint density at radius 1 is 1.50 bits per heavy atom. The molecule has 0 amide bonds. The first-order valence-corrected chi connectivity index (χ1v) is 5.01. The zero-order valence-electron chi connectivity index (χ0n) is 9.05. The van der Waals surface area contributed by atoms with Gasteiger partial charge in [-0.05, 0) is 12.1 Å². The highest BCUT2D eigenvalue weighted by Crippen LogP contribution is 2.19. The zero-order valence-corrected chi connectivity index (χ0v) is 9.05. The Hall–Kier alpha value is -1.91. The van der Waals surface area contributed by atoms with Gasteiger partial charge in [-0.2, -0.15) is 0 Å². The molecule has 1 aliphatic rings. The van der Waals surface area contributed by atoms with Gasteiger partial charge in [-0.25, -0.2) is 4.99 Å². The van der Waals surface area contributed by atoms with Crippen molar-refractivity contribution in [3.05, 3.63) is 24.3 Å². The third kappa shape index (κ3) is 2.56. The fraction of sp³-hybridized carbons (Fsp3) is 0.364. The first kappa shape index (κ1) is 10.6. The van der Waals surface area contributed by atoms with Gasteiger partial charge in [-0.3, -0.25) is 0 Å².